The summed E-state index contributed by atoms with van der Waals surface area (Å²) in [6.07, 6.45) is 1.85. The highest BCUT2D eigenvalue weighted by atomic mass is 19.1. The van der Waals surface area contributed by atoms with Crippen LogP contribution in [0.2, 0.25) is 0 Å². The summed E-state index contributed by atoms with van der Waals surface area (Å²) in [5.41, 5.74) is -0.759. The summed E-state index contributed by atoms with van der Waals surface area (Å²) in [5, 5.41) is 13.0. The van der Waals surface area contributed by atoms with Gasteiger partial charge < -0.3 is 10.4 Å². The van der Waals surface area contributed by atoms with Crippen molar-refractivity contribution in [3.05, 3.63) is 83.9 Å². The number of halogens is 2. The van der Waals surface area contributed by atoms with E-state index in [4.69, 9.17) is 0 Å². The van der Waals surface area contributed by atoms with Crippen molar-refractivity contribution in [1.82, 2.24) is 5.32 Å². The number of rotatable bonds is 7. The molecule has 0 spiro atoms. The van der Waals surface area contributed by atoms with Gasteiger partial charge in [0, 0.05) is 24.0 Å². The van der Waals surface area contributed by atoms with E-state index < -0.39 is 17.2 Å². The molecule has 2 atom stereocenters. The van der Waals surface area contributed by atoms with E-state index in [1.165, 1.54) is 13.0 Å². The average Bonchev–Trinajstić information content (AvgIpc) is 2.58. The minimum Gasteiger partial charge on any atom is -0.383 e. The van der Waals surface area contributed by atoms with Gasteiger partial charge in [0.1, 0.15) is 17.2 Å². The lowest BCUT2D eigenvalue weighted by Gasteiger charge is -2.25. The Balaban J connectivity index is 1.99. The van der Waals surface area contributed by atoms with Crippen LogP contribution in [0.1, 0.15) is 30.4 Å². The normalized spacial score (nSPS) is 14.4. The van der Waals surface area contributed by atoms with Gasteiger partial charge in [-0.25, -0.2) is 8.78 Å². The average molecular weight is 345 g/mol. The fourth-order valence-corrected chi connectivity index (χ4v) is 2.60. The second-order valence-corrected chi connectivity index (χ2v) is 6.13. The Kier molecular flexibility index (Phi) is 6.04. The summed E-state index contributed by atoms with van der Waals surface area (Å²) in [6, 6.07) is 12.4. The van der Waals surface area contributed by atoms with Crippen molar-refractivity contribution < 1.29 is 18.7 Å². The van der Waals surface area contributed by atoms with E-state index in [1.807, 2.05) is 30.3 Å². The van der Waals surface area contributed by atoms with Crippen LogP contribution in [0.15, 0.2) is 61.2 Å². The molecule has 3 nitrogen and oxygen atoms in total. The summed E-state index contributed by atoms with van der Waals surface area (Å²) in [7, 11) is 0. The van der Waals surface area contributed by atoms with Crippen LogP contribution in [0.5, 0.6) is 0 Å². The standard InChI is InChI=1S/C20H21F2NO2/c1-3-14(15-7-5-4-6-8-15)11-19(24)23-13-20(2,25)17-10-9-16(21)12-18(17)22/h3-10,12,14,25H,1,11,13H2,2H3,(H,23,24). The number of amides is 1. The minimum atomic E-state index is -1.65. The van der Waals surface area contributed by atoms with Crippen LogP contribution in [-0.4, -0.2) is 17.6 Å². The Labute approximate surface area is 146 Å². The van der Waals surface area contributed by atoms with Crippen molar-refractivity contribution in [2.45, 2.75) is 24.9 Å². The molecule has 2 aromatic rings. The zero-order valence-electron chi connectivity index (χ0n) is 14.0. The molecule has 2 N–H and O–H groups in total. The molecule has 0 bridgehead atoms. The second kappa shape index (κ2) is 8.03. The van der Waals surface area contributed by atoms with Gasteiger partial charge in [-0.2, -0.15) is 0 Å². The topological polar surface area (TPSA) is 49.3 Å². The molecule has 132 valence electrons. The Hall–Kier alpha value is -2.53. The maximum absolute atomic E-state index is 13.8. The van der Waals surface area contributed by atoms with E-state index in [-0.39, 0.29) is 30.4 Å². The van der Waals surface area contributed by atoms with Gasteiger partial charge in [-0.3, -0.25) is 4.79 Å². The molecule has 0 saturated heterocycles. The van der Waals surface area contributed by atoms with Gasteiger partial charge in [-0.1, -0.05) is 42.5 Å². The first-order chi connectivity index (χ1) is 11.8. The Morgan fingerprint density at radius 1 is 1.28 bits per heavy atom. The summed E-state index contributed by atoms with van der Waals surface area (Å²) in [6.45, 7) is 4.93. The lowest BCUT2D eigenvalue weighted by atomic mass is 9.94. The van der Waals surface area contributed by atoms with E-state index in [9.17, 15) is 18.7 Å². The Morgan fingerprint density at radius 3 is 2.56 bits per heavy atom. The molecule has 0 saturated carbocycles. The van der Waals surface area contributed by atoms with Crippen LogP contribution >= 0.6 is 0 Å². The molecule has 2 unspecified atom stereocenters. The highest BCUT2D eigenvalue weighted by Crippen LogP contribution is 2.24. The molecule has 2 aromatic carbocycles. The van der Waals surface area contributed by atoms with Gasteiger partial charge in [0.05, 0.1) is 6.54 Å². The van der Waals surface area contributed by atoms with Crippen molar-refractivity contribution in [1.29, 1.82) is 0 Å². The van der Waals surface area contributed by atoms with Crippen LogP contribution in [0.4, 0.5) is 8.78 Å². The second-order valence-electron chi connectivity index (χ2n) is 6.13. The van der Waals surface area contributed by atoms with Crippen molar-refractivity contribution in [3.63, 3.8) is 0 Å². The highest BCUT2D eigenvalue weighted by molar-refractivity contribution is 5.77. The van der Waals surface area contributed by atoms with Gasteiger partial charge in [0.25, 0.3) is 0 Å². The number of carbonyl (C=O) groups excluding carboxylic acids is 1. The first-order valence-corrected chi connectivity index (χ1v) is 7.95. The third-order valence-corrected chi connectivity index (χ3v) is 4.06. The maximum atomic E-state index is 13.8. The molecular formula is C20H21F2NO2. The number of nitrogens with one attached hydrogen (secondary N) is 1. The van der Waals surface area contributed by atoms with Gasteiger partial charge in [-0.05, 0) is 18.6 Å². The predicted molar refractivity (Wildman–Crippen MR) is 92.9 cm³/mol. The number of aliphatic hydroxyl groups is 1. The lowest BCUT2D eigenvalue weighted by Crippen LogP contribution is -2.39. The fraction of sp³-hybridized carbons (Fsp3) is 0.250. The largest absolute Gasteiger partial charge is 0.383 e. The monoisotopic (exact) mass is 345 g/mol. The predicted octanol–water partition coefficient (Wildman–Crippen LogP) is 3.65. The minimum absolute atomic E-state index is 0.0717. The molecule has 2 rings (SSSR count). The van der Waals surface area contributed by atoms with Crippen LogP contribution in [0.3, 0.4) is 0 Å². The van der Waals surface area contributed by atoms with Crippen LogP contribution < -0.4 is 5.32 Å². The number of allylic oxidation sites excluding steroid dienone is 1. The van der Waals surface area contributed by atoms with Crippen LogP contribution in [0, 0.1) is 11.6 Å². The zero-order valence-corrected chi connectivity index (χ0v) is 14.0. The third kappa shape index (κ3) is 4.97. The fourth-order valence-electron chi connectivity index (χ4n) is 2.60. The molecule has 0 aliphatic carbocycles. The summed E-state index contributed by atoms with van der Waals surface area (Å²) >= 11 is 0. The first kappa shape index (κ1) is 18.8. The SMILES string of the molecule is C=CC(CC(=O)NCC(C)(O)c1ccc(F)cc1F)c1ccccc1. The first-order valence-electron chi connectivity index (χ1n) is 7.95. The van der Waals surface area contributed by atoms with Crippen molar-refractivity contribution in [2.75, 3.05) is 6.54 Å². The molecule has 0 heterocycles. The molecular weight excluding hydrogens is 324 g/mol. The van der Waals surface area contributed by atoms with Crippen LogP contribution in [-0.2, 0) is 10.4 Å². The van der Waals surface area contributed by atoms with E-state index in [2.05, 4.69) is 11.9 Å². The number of benzene rings is 2. The zero-order chi connectivity index (χ0) is 18.4. The quantitative estimate of drug-likeness (QED) is 0.753. The summed E-state index contributed by atoms with van der Waals surface area (Å²) in [4.78, 5) is 12.2. The number of carbonyl (C=O) groups is 1. The molecule has 5 heteroatoms. The van der Waals surface area contributed by atoms with Gasteiger partial charge in [0.15, 0.2) is 0 Å². The number of hydrogen-bond acceptors (Lipinski definition) is 2. The molecule has 0 aliphatic heterocycles. The third-order valence-electron chi connectivity index (χ3n) is 4.06. The molecule has 0 fully saturated rings. The van der Waals surface area contributed by atoms with Crippen molar-refractivity contribution in [3.8, 4) is 0 Å². The molecule has 1 amide bonds. The van der Waals surface area contributed by atoms with Crippen molar-refractivity contribution in [2.24, 2.45) is 0 Å². The van der Waals surface area contributed by atoms with Crippen LogP contribution in [0.25, 0.3) is 0 Å². The molecule has 0 aromatic heterocycles. The maximum Gasteiger partial charge on any atom is 0.221 e. The van der Waals surface area contributed by atoms with Crippen molar-refractivity contribution >= 4 is 5.91 Å². The number of hydrogen-bond donors (Lipinski definition) is 2. The Bertz CT molecular complexity index is 745. The van der Waals surface area contributed by atoms with E-state index in [0.717, 1.165) is 11.6 Å². The smallest absolute Gasteiger partial charge is 0.221 e. The molecule has 0 aliphatic rings. The van der Waals surface area contributed by atoms with Gasteiger partial charge >= 0.3 is 0 Å². The van der Waals surface area contributed by atoms with E-state index >= 15 is 0 Å². The molecule has 0 radical (unpaired) electrons. The molecule has 25 heavy (non-hydrogen) atoms. The lowest BCUT2D eigenvalue weighted by molar-refractivity contribution is -0.122. The van der Waals surface area contributed by atoms with E-state index in [1.54, 1.807) is 6.08 Å². The van der Waals surface area contributed by atoms with Gasteiger partial charge in [-0.15, -0.1) is 6.58 Å². The van der Waals surface area contributed by atoms with Gasteiger partial charge in [0.2, 0.25) is 5.91 Å². The Morgan fingerprint density at radius 2 is 1.96 bits per heavy atom. The summed E-state index contributed by atoms with van der Waals surface area (Å²) in [5.74, 6) is -2.03. The summed E-state index contributed by atoms with van der Waals surface area (Å²) < 4.78 is 26.8. The highest BCUT2D eigenvalue weighted by Gasteiger charge is 2.27. The van der Waals surface area contributed by atoms with E-state index in [0.29, 0.717) is 6.07 Å².